The molecule has 35 heavy (non-hydrogen) atoms. The van der Waals surface area contributed by atoms with Crippen LogP contribution < -0.4 is 15.8 Å². The van der Waals surface area contributed by atoms with Gasteiger partial charge >= 0.3 is 0 Å². The van der Waals surface area contributed by atoms with Gasteiger partial charge in [-0.25, -0.2) is 4.39 Å². The van der Waals surface area contributed by atoms with Crippen LogP contribution >= 0.6 is 0 Å². The number of ether oxygens (including phenoxy) is 1. The monoisotopic (exact) mass is 469 g/mol. The van der Waals surface area contributed by atoms with Gasteiger partial charge in [-0.1, -0.05) is 24.3 Å². The third-order valence-corrected chi connectivity index (χ3v) is 5.95. The molecule has 5 rings (SSSR count). The van der Waals surface area contributed by atoms with Crippen LogP contribution in [0.5, 0.6) is 5.75 Å². The highest BCUT2D eigenvalue weighted by Gasteiger charge is 2.24. The number of fused-ring (bicyclic) bond motifs is 1. The minimum Gasteiger partial charge on any atom is -0.487 e. The highest BCUT2D eigenvalue weighted by molar-refractivity contribution is 5.77. The van der Waals surface area contributed by atoms with E-state index in [1.165, 1.54) is 6.07 Å². The number of amides is 1. The Kier molecular flexibility index (Phi) is 6.34. The number of pyridine rings is 1. The van der Waals surface area contributed by atoms with Crippen LogP contribution in [0.3, 0.4) is 0 Å². The van der Waals surface area contributed by atoms with Crippen molar-refractivity contribution in [1.82, 2.24) is 15.2 Å². The number of nitrogens with zero attached hydrogens (tertiary/aromatic N) is 3. The minimum absolute atomic E-state index is 0.0110. The molecule has 0 saturated heterocycles. The number of para-hydroxylation sites is 1. The average Bonchev–Trinajstić information content (AvgIpc) is 3.36. The van der Waals surface area contributed by atoms with E-state index >= 15 is 0 Å². The summed E-state index contributed by atoms with van der Waals surface area (Å²) in [7, 11) is 0. The number of rotatable bonds is 8. The molecule has 0 atom stereocenters. The second-order valence-electron chi connectivity index (χ2n) is 8.40. The first-order valence-corrected chi connectivity index (χ1v) is 11.4. The third-order valence-electron chi connectivity index (χ3n) is 5.95. The van der Waals surface area contributed by atoms with Gasteiger partial charge in [0.15, 0.2) is 5.82 Å². The summed E-state index contributed by atoms with van der Waals surface area (Å²) in [5, 5.41) is 12.0. The van der Waals surface area contributed by atoms with E-state index in [1.54, 1.807) is 18.3 Å². The van der Waals surface area contributed by atoms with Crippen molar-refractivity contribution in [3.63, 3.8) is 0 Å². The van der Waals surface area contributed by atoms with Gasteiger partial charge in [-0.3, -0.25) is 9.78 Å². The molecule has 176 valence electrons. The molecule has 4 aromatic rings. The first-order valence-electron chi connectivity index (χ1n) is 11.4. The zero-order valence-corrected chi connectivity index (χ0v) is 19.0. The van der Waals surface area contributed by atoms with E-state index in [4.69, 9.17) is 10.5 Å². The molecule has 2 heterocycles. The Morgan fingerprint density at radius 1 is 1.03 bits per heavy atom. The van der Waals surface area contributed by atoms with Crippen LogP contribution in [0.2, 0.25) is 0 Å². The van der Waals surface area contributed by atoms with Gasteiger partial charge in [0, 0.05) is 17.3 Å². The van der Waals surface area contributed by atoms with Gasteiger partial charge in [0.1, 0.15) is 23.9 Å². The summed E-state index contributed by atoms with van der Waals surface area (Å²) in [6.45, 7) is 0.345. The first kappa shape index (κ1) is 22.5. The fourth-order valence-corrected chi connectivity index (χ4v) is 4.33. The molecule has 0 spiro atoms. The molecule has 3 N–H and O–H groups in total. The minimum atomic E-state index is -0.506. The largest absolute Gasteiger partial charge is 0.487 e. The summed E-state index contributed by atoms with van der Waals surface area (Å²) >= 11 is 0. The molecule has 0 aliphatic heterocycles. The van der Waals surface area contributed by atoms with E-state index in [9.17, 15) is 9.18 Å². The Hall–Kier alpha value is -4.33. The number of hydrogen-bond acceptors (Lipinski definition) is 6. The van der Waals surface area contributed by atoms with Crippen LogP contribution in [0.15, 0.2) is 66.9 Å². The smallest absolute Gasteiger partial charge is 0.221 e. The Bertz CT molecular complexity index is 1380. The lowest BCUT2D eigenvalue weighted by molar-refractivity contribution is -0.117. The quantitative estimate of drug-likeness (QED) is 0.393. The highest BCUT2D eigenvalue weighted by Crippen LogP contribution is 2.38. The van der Waals surface area contributed by atoms with E-state index in [0.29, 0.717) is 23.7 Å². The lowest BCUT2D eigenvalue weighted by atomic mass is 10.0. The molecule has 0 saturated carbocycles. The predicted molar refractivity (Wildman–Crippen MR) is 131 cm³/mol. The number of carbonyl (C=O) groups excluding carboxylic acids is 1. The Labute approximate surface area is 202 Å². The molecule has 1 amide bonds. The molecule has 1 aliphatic rings. The number of carbonyl (C=O) groups is 1. The zero-order valence-electron chi connectivity index (χ0n) is 19.0. The molecule has 1 aliphatic carbocycles. The number of anilines is 2. The first-order chi connectivity index (χ1) is 17.1. The number of aromatic nitrogens is 3. The second-order valence-corrected chi connectivity index (χ2v) is 8.40. The van der Waals surface area contributed by atoms with Crippen molar-refractivity contribution in [2.45, 2.75) is 32.3 Å². The van der Waals surface area contributed by atoms with E-state index in [-0.39, 0.29) is 12.1 Å². The number of hydrogen-bond donors (Lipinski definition) is 2. The molecule has 0 bridgehead atoms. The maximum atomic E-state index is 14.7. The number of primary amides is 1. The number of nitrogens with two attached hydrogens (primary N) is 1. The fourth-order valence-electron chi connectivity index (χ4n) is 4.33. The normalized spacial score (nSPS) is 12.3. The Balaban J connectivity index is 1.43. The topological polar surface area (TPSA) is 103 Å². The Morgan fingerprint density at radius 2 is 1.86 bits per heavy atom. The summed E-state index contributed by atoms with van der Waals surface area (Å²) in [4.78, 5) is 15.4. The van der Waals surface area contributed by atoms with E-state index in [0.717, 1.165) is 47.3 Å². The van der Waals surface area contributed by atoms with Crippen molar-refractivity contribution in [3.05, 3.63) is 95.1 Å². The maximum Gasteiger partial charge on any atom is 0.221 e. The standard InChI is InChI=1S/C27H24FN5O2/c28-22-14-17(15-25(29)34)11-12-23(22)31-27-20-9-5-8-19(20)26(32-33-27)21-7-1-2-10-24(21)35-16-18-6-3-4-13-30-18/h1-4,6-7,10-14H,5,8-9,15-16H2,(H2,29,34)(H,31,33). The van der Waals surface area contributed by atoms with Gasteiger partial charge in [0.2, 0.25) is 5.91 Å². The third kappa shape index (κ3) is 4.96. The lowest BCUT2D eigenvalue weighted by Crippen LogP contribution is -2.13. The van der Waals surface area contributed by atoms with Crippen molar-refractivity contribution in [1.29, 1.82) is 0 Å². The van der Waals surface area contributed by atoms with Gasteiger partial charge in [-0.05, 0) is 66.8 Å². The summed E-state index contributed by atoms with van der Waals surface area (Å²) in [5.74, 6) is 0.261. The fraction of sp³-hybridized carbons (Fsp3) is 0.185. The molecule has 0 fully saturated rings. The molecule has 0 unspecified atom stereocenters. The van der Waals surface area contributed by atoms with E-state index < -0.39 is 11.7 Å². The van der Waals surface area contributed by atoms with E-state index in [2.05, 4.69) is 20.5 Å². The van der Waals surface area contributed by atoms with Crippen LogP contribution in [0.4, 0.5) is 15.9 Å². The molecule has 0 radical (unpaired) electrons. The summed E-state index contributed by atoms with van der Waals surface area (Å²) < 4.78 is 20.8. The number of halogens is 1. The zero-order chi connectivity index (χ0) is 24.2. The van der Waals surface area contributed by atoms with Gasteiger partial charge in [0.05, 0.1) is 17.8 Å². The van der Waals surface area contributed by atoms with Crippen molar-refractivity contribution in [2.75, 3.05) is 5.32 Å². The van der Waals surface area contributed by atoms with Crippen LogP contribution in [-0.4, -0.2) is 21.1 Å². The molecule has 8 heteroatoms. The van der Waals surface area contributed by atoms with Crippen molar-refractivity contribution < 1.29 is 13.9 Å². The van der Waals surface area contributed by atoms with Crippen molar-refractivity contribution in [3.8, 4) is 17.0 Å². The van der Waals surface area contributed by atoms with Crippen LogP contribution in [-0.2, 0) is 30.7 Å². The van der Waals surface area contributed by atoms with Gasteiger partial charge in [-0.2, -0.15) is 0 Å². The average molecular weight is 470 g/mol. The lowest BCUT2D eigenvalue weighted by Gasteiger charge is -2.16. The number of benzene rings is 2. The summed E-state index contributed by atoms with van der Waals surface area (Å²) in [6.07, 6.45) is 4.36. The molecular weight excluding hydrogens is 445 g/mol. The highest BCUT2D eigenvalue weighted by atomic mass is 19.1. The summed E-state index contributed by atoms with van der Waals surface area (Å²) in [5.41, 5.74) is 10.6. The Morgan fingerprint density at radius 3 is 2.66 bits per heavy atom. The summed E-state index contributed by atoms with van der Waals surface area (Å²) in [6, 6.07) is 18.0. The van der Waals surface area contributed by atoms with Gasteiger partial charge in [-0.15, -0.1) is 10.2 Å². The molecule has 2 aromatic heterocycles. The molecular formula is C27H24FN5O2. The van der Waals surface area contributed by atoms with Gasteiger partial charge < -0.3 is 15.8 Å². The molecule has 7 nitrogen and oxygen atoms in total. The van der Waals surface area contributed by atoms with Crippen molar-refractivity contribution >= 4 is 17.4 Å². The van der Waals surface area contributed by atoms with Gasteiger partial charge in [0.25, 0.3) is 0 Å². The second kappa shape index (κ2) is 9.89. The maximum absolute atomic E-state index is 14.7. The SMILES string of the molecule is NC(=O)Cc1ccc(Nc2nnc(-c3ccccc3OCc3ccccn3)c3c2CCC3)c(F)c1. The van der Waals surface area contributed by atoms with E-state index in [1.807, 2.05) is 42.5 Å². The van der Waals surface area contributed by atoms with Crippen LogP contribution in [0.1, 0.15) is 28.8 Å². The number of nitrogens with one attached hydrogen (secondary N) is 1. The van der Waals surface area contributed by atoms with Crippen LogP contribution in [0.25, 0.3) is 11.3 Å². The molecule has 2 aromatic carbocycles. The predicted octanol–water partition coefficient (Wildman–Crippen LogP) is 4.52. The van der Waals surface area contributed by atoms with Crippen molar-refractivity contribution in [2.24, 2.45) is 5.73 Å². The van der Waals surface area contributed by atoms with Crippen LogP contribution in [0, 0.1) is 5.82 Å².